The van der Waals surface area contributed by atoms with E-state index in [1.165, 1.54) is 46.9 Å². The lowest BCUT2D eigenvalue weighted by atomic mass is 9.89. The van der Waals surface area contributed by atoms with E-state index in [4.69, 9.17) is 14.5 Å². The molecule has 1 N–H and O–H groups in total. The van der Waals surface area contributed by atoms with Crippen LogP contribution in [0.3, 0.4) is 0 Å². The van der Waals surface area contributed by atoms with Crippen LogP contribution < -0.4 is 5.32 Å². The topological polar surface area (TPSA) is 80.9 Å². The largest absolute Gasteiger partial charge is 0.360 e. The van der Waals surface area contributed by atoms with Crippen LogP contribution in [0.15, 0.2) is 15.6 Å². The monoisotopic (exact) mass is 414 g/mol. The first-order valence-corrected chi connectivity index (χ1v) is 11.5. The number of nitrogens with zero attached hydrogens (tertiary/aromatic N) is 3. The third kappa shape index (κ3) is 3.55. The molecule has 1 amide bonds. The second kappa shape index (κ2) is 7.15. The fourth-order valence-electron chi connectivity index (χ4n) is 3.69. The van der Waals surface area contributed by atoms with Gasteiger partial charge < -0.3 is 9.84 Å². The second-order valence-electron chi connectivity index (χ2n) is 7.85. The highest BCUT2D eigenvalue weighted by Crippen LogP contribution is 2.44. The molecule has 1 fully saturated rings. The fourth-order valence-corrected chi connectivity index (χ4v) is 6.01. The first-order chi connectivity index (χ1) is 13.6. The lowest BCUT2D eigenvalue weighted by molar-refractivity contribution is -0.113. The molecule has 0 bridgehead atoms. The number of aromatic nitrogens is 3. The molecule has 3 aromatic heterocycles. The van der Waals surface area contributed by atoms with Crippen LogP contribution in [0.2, 0.25) is 0 Å². The van der Waals surface area contributed by atoms with Crippen LogP contribution in [0.25, 0.3) is 10.2 Å². The molecule has 146 valence electrons. The van der Waals surface area contributed by atoms with E-state index in [2.05, 4.69) is 17.4 Å². The molecule has 1 atom stereocenters. The van der Waals surface area contributed by atoms with Crippen molar-refractivity contribution >= 4 is 45.0 Å². The summed E-state index contributed by atoms with van der Waals surface area (Å²) in [5.41, 5.74) is 1.41. The Hall–Kier alpha value is -1.93. The summed E-state index contributed by atoms with van der Waals surface area (Å²) in [5.74, 6) is 3.50. The van der Waals surface area contributed by atoms with Crippen LogP contribution in [0.4, 0.5) is 5.82 Å². The number of hydrogen-bond acceptors (Lipinski definition) is 7. The first-order valence-electron chi connectivity index (χ1n) is 9.75. The van der Waals surface area contributed by atoms with Gasteiger partial charge in [0.25, 0.3) is 0 Å². The molecule has 0 aromatic carbocycles. The Bertz CT molecular complexity index is 1050. The van der Waals surface area contributed by atoms with Crippen molar-refractivity contribution < 1.29 is 9.32 Å². The average Bonchev–Trinajstić information content (AvgIpc) is 3.34. The third-order valence-corrected chi connectivity index (χ3v) is 7.44. The number of aryl methyl sites for hydroxylation is 2. The number of nitrogens with one attached hydrogen (secondary N) is 1. The number of carbonyl (C=O) groups is 1. The van der Waals surface area contributed by atoms with Gasteiger partial charge in [-0.15, -0.1) is 11.3 Å². The minimum atomic E-state index is -0.101. The van der Waals surface area contributed by atoms with Crippen LogP contribution in [-0.2, 0) is 17.6 Å². The van der Waals surface area contributed by atoms with E-state index in [1.807, 2.05) is 11.3 Å². The van der Waals surface area contributed by atoms with Crippen LogP contribution in [-0.4, -0.2) is 26.8 Å². The maximum atomic E-state index is 12.4. The van der Waals surface area contributed by atoms with Gasteiger partial charge in [0.1, 0.15) is 21.4 Å². The summed E-state index contributed by atoms with van der Waals surface area (Å²) in [6.45, 7) is 4.12. The van der Waals surface area contributed by atoms with Crippen molar-refractivity contribution in [1.29, 1.82) is 0 Å². The van der Waals surface area contributed by atoms with E-state index in [0.717, 1.165) is 34.4 Å². The average molecular weight is 415 g/mol. The highest BCUT2D eigenvalue weighted by molar-refractivity contribution is 8.00. The Morgan fingerprint density at radius 1 is 1.36 bits per heavy atom. The fraction of sp³-hybridized carbons (Fsp3) is 0.500. The molecule has 8 heteroatoms. The van der Waals surface area contributed by atoms with Crippen molar-refractivity contribution in [3.05, 3.63) is 28.1 Å². The van der Waals surface area contributed by atoms with Gasteiger partial charge in [0.05, 0.1) is 5.75 Å². The standard InChI is InChI=1S/C20H22N4O2S2/c1-10-3-6-13-14(7-10)28-20-17(13)19(22-18(23-20)12-4-5-12)27-9-16(25)21-15-8-11(2)26-24-15/h8,10,12H,3-7,9H2,1-2H3,(H,21,24,25)/t10-/m0/s1. The molecule has 0 spiro atoms. The van der Waals surface area contributed by atoms with E-state index in [0.29, 0.717) is 23.2 Å². The Morgan fingerprint density at radius 3 is 2.96 bits per heavy atom. The van der Waals surface area contributed by atoms with Crippen molar-refractivity contribution in [3.8, 4) is 0 Å². The molecule has 5 rings (SSSR count). The predicted molar refractivity (Wildman–Crippen MR) is 111 cm³/mol. The number of carbonyl (C=O) groups excluding carboxylic acids is 1. The maximum Gasteiger partial charge on any atom is 0.236 e. The van der Waals surface area contributed by atoms with Crippen molar-refractivity contribution in [3.63, 3.8) is 0 Å². The zero-order chi connectivity index (χ0) is 19.3. The van der Waals surface area contributed by atoms with Gasteiger partial charge in [-0.1, -0.05) is 23.8 Å². The van der Waals surface area contributed by atoms with Crippen molar-refractivity contribution in [2.45, 2.75) is 56.9 Å². The zero-order valence-corrected chi connectivity index (χ0v) is 17.6. The SMILES string of the molecule is Cc1cc(NC(=O)CSc2nc(C3CC3)nc3sc4c(c23)CC[C@H](C)C4)no1. The normalized spacial score (nSPS) is 19.0. The number of amides is 1. The molecule has 2 aliphatic carbocycles. The molecule has 0 saturated heterocycles. The van der Waals surface area contributed by atoms with Crippen molar-refractivity contribution in [1.82, 2.24) is 15.1 Å². The molecule has 0 unspecified atom stereocenters. The summed E-state index contributed by atoms with van der Waals surface area (Å²) in [6.07, 6.45) is 5.76. The molecule has 0 aliphatic heterocycles. The van der Waals surface area contributed by atoms with Crippen LogP contribution in [0, 0.1) is 12.8 Å². The van der Waals surface area contributed by atoms with Gasteiger partial charge in [-0.25, -0.2) is 9.97 Å². The molecule has 28 heavy (non-hydrogen) atoms. The number of rotatable bonds is 5. The predicted octanol–water partition coefficient (Wildman–Crippen LogP) is 4.72. The molecular weight excluding hydrogens is 392 g/mol. The summed E-state index contributed by atoms with van der Waals surface area (Å²) < 4.78 is 5.00. The molecule has 3 heterocycles. The van der Waals surface area contributed by atoms with Crippen LogP contribution in [0.1, 0.15) is 54.1 Å². The number of anilines is 1. The minimum Gasteiger partial charge on any atom is -0.360 e. The molecule has 2 aliphatic rings. The summed E-state index contributed by atoms with van der Waals surface area (Å²) >= 11 is 3.34. The summed E-state index contributed by atoms with van der Waals surface area (Å²) in [5, 5.41) is 8.76. The van der Waals surface area contributed by atoms with Crippen molar-refractivity contribution in [2.75, 3.05) is 11.1 Å². The Balaban J connectivity index is 1.42. The molecule has 1 saturated carbocycles. The van der Waals surface area contributed by atoms with Gasteiger partial charge in [0.15, 0.2) is 5.82 Å². The maximum absolute atomic E-state index is 12.4. The Kier molecular flexibility index (Phi) is 4.63. The Morgan fingerprint density at radius 2 is 2.21 bits per heavy atom. The minimum absolute atomic E-state index is 0.101. The number of thioether (sulfide) groups is 1. The van der Waals surface area contributed by atoms with Gasteiger partial charge in [-0.2, -0.15) is 0 Å². The van der Waals surface area contributed by atoms with Gasteiger partial charge in [0, 0.05) is 22.2 Å². The molecule has 0 radical (unpaired) electrons. The highest BCUT2D eigenvalue weighted by atomic mass is 32.2. The van der Waals surface area contributed by atoms with Gasteiger partial charge >= 0.3 is 0 Å². The summed E-state index contributed by atoms with van der Waals surface area (Å²) in [6, 6.07) is 1.72. The summed E-state index contributed by atoms with van der Waals surface area (Å²) in [4.78, 5) is 24.7. The van der Waals surface area contributed by atoms with Crippen molar-refractivity contribution in [2.24, 2.45) is 5.92 Å². The van der Waals surface area contributed by atoms with Crippen LogP contribution >= 0.6 is 23.1 Å². The molecular formula is C20H22N4O2S2. The smallest absolute Gasteiger partial charge is 0.236 e. The number of thiophene rings is 1. The second-order valence-corrected chi connectivity index (χ2v) is 9.90. The van der Waals surface area contributed by atoms with Gasteiger partial charge in [-0.05, 0) is 50.5 Å². The zero-order valence-electron chi connectivity index (χ0n) is 15.9. The van der Waals surface area contributed by atoms with E-state index < -0.39 is 0 Å². The van der Waals surface area contributed by atoms with Gasteiger partial charge in [0.2, 0.25) is 5.91 Å². The van der Waals surface area contributed by atoms with Crippen LogP contribution in [0.5, 0.6) is 0 Å². The van der Waals surface area contributed by atoms with E-state index in [9.17, 15) is 4.79 Å². The third-order valence-electron chi connectivity index (χ3n) is 5.32. The molecule has 6 nitrogen and oxygen atoms in total. The molecule has 3 aromatic rings. The first kappa shape index (κ1) is 18.1. The van der Waals surface area contributed by atoms with Gasteiger partial charge in [-0.3, -0.25) is 4.79 Å². The lowest BCUT2D eigenvalue weighted by Crippen LogP contribution is -2.14. The number of fused-ring (bicyclic) bond motifs is 3. The highest BCUT2D eigenvalue weighted by Gasteiger charge is 2.30. The van der Waals surface area contributed by atoms with E-state index in [1.54, 1.807) is 13.0 Å². The van der Waals surface area contributed by atoms with E-state index in [-0.39, 0.29) is 5.91 Å². The Labute approximate surface area is 171 Å². The lowest BCUT2D eigenvalue weighted by Gasteiger charge is -2.18. The van der Waals surface area contributed by atoms with E-state index >= 15 is 0 Å². The quantitative estimate of drug-likeness (QED) is 0.481. The number of hydrogen-bond donors (Lipinski definition) is 1. The summed E-state index contributed by atoms with van der Waals surface area (Å²) in [7, 11) is 0.